The highest BCUT2D eigenvalue weighted by Crippen LogP contribution is 2.27. The molecule has 0 heterocycles. The average molecular weight is 233 g/mol. The number of hydrogen-bond donors (Lipinski definition) is 0. The van der Waals surface area contributed by atoms with E-state index in [-0.39, 0.29) is 5.56 Å². The summed E-state index contributed by atoms with van der Waals surface area (Å²) in [6.07, 6.45) is -3.42. The SMILES string of the molecule is C=C[C](C)c1cc(OC(F)(F)F)ccc1F. The van der Waals surface area contributed by atoms with E-state index in [0.29, 0.717) is 5.92 Å². The van der Waals surface area contributed by atoms with Crippen LogP contribution >= 0.6 is 0 Å². The van der Waals surface area contributed by atoms with E-state index in [2.05, 4.69) is 11.3 Å². The minimum atomic E-state index is -4.78. The van der Waals surface area contributed by atoms with Crippen molar-refractivity contribution in [3.63, 3.8) is 0 Å². The lowest BCUT2D eigenvalue weighted by Gasteiger charge is -2.12. The monoisotopic (exact) mass is 233 g/mol. The van der Waals surface area contributed by atoms with Crippen molar-refractivity contribution < 1.29 is 22.3 Å². The number of benzene rings is 1. The standard InChI is InChI=1S/C11H9F4O/c1-3-7(2)9-6-8(4-5-10(9)12)16-11(13,14)15/h3-6H,1H2,2H3. The fraction of sp³-hybridized carbons (Fsp3) is 0.182. The molecule has 0 aliphatic rings. The van der Waals surface area contributed by atoms with Gasteiger partial charge < -0.3 is 4.74 Å². The molecule has 0 aliphatic heterocycles. The van der Waals surface area contributed by atoms with Crippen LogP contribution in [0.15, 0.2) is 30.9 Å². The van der Waals surface area contributed by atoms with Gasteiger partial charge in [-0.2, -0.15) is 0 Å². The maximum absolute atomic E-state index is 13.2. The summed E-state index contributed by atoms with van der Waals surface area (Å²) in [6.45, 7) is 4.96. The molecule has 0 aromatic heterocycles. The second-order valence-corrected chi connectivity index (χ2v) is 3.08. The number of alkyl halides is 3. The Morgan fingerprint density at radius 1 is 1.38 bits per heavy atom. The molecule has 0 saturated heterocycles. The van der Waals surface area contributed by atoms with Crippen LogP contribution in [0.25, 0.3) is 0 Å². The van der Waals surface area contributed by atoms with E-state index >= 15 is 0 Å². The average Bonchev–Trinajstić information content (AvgIpc) is 2.18. The molecule has 1 rings (SSSR count). The first-order valence-electron chi connectivity index (χ1n) is 4.35. The van der Waals surface area contributed by atoms with Gasteiger partial charge in [-0.25, -0.2) is 4.39 Å². The third-order valence-electron chi connectivity index (χ3n) is 1.90. The summed E-state index contributed by atoms with van der Waals surface area (Å²) in [5.74, 6) is -0.637. The van der Waals surface area contributed by atoms with Crippen LogP contribution in [0.5, 0.6) is 5.75 Å². The maximum atomic E-state index is 13.2. The summed E-state index contributed by atoms with van der Waals surface area (Å²) < 4.78 is 52.7. The predicted octanol–water partition coefficient (Wildman–Crippen LogP) is 3.85. The molecule has 0 unspecified atom stereocenters. The van der Waals surface area contributed by atoms with Gasteiger partial charge in [0, 0.05) is 11.5 Å². The van der Waals surface area contributed by atoms with Crippen molar-refractivity contribution in [2.45, 2.75) is 13.3 Å². The normalized spacial score (nSPS) is 11.6. The number of ether oxygens (including phenoxy) is 1. The molecule has 1 nitrogen and oxygen atoms in total. The predicted molar refractivity (Wildman–Crippen MR) is 51.3 cm³/mol. The Kier molecular flexibility index (Phi) is 3.57. The van der Waals surface area contributed by atoms with Gasteiger partial charge in [-0.05, 0) is 18.2 Å². The van der Waals surface area contributed by atoms with E-state index in [4.69, 9.17) is 0 Å². The summed E-state index contributed by atoms with van der Waals surface area (Å²) in [4.78, 5) is 0. The molecule has 0 N–H and O–H groups in total. The zero-order chi connectivity index (χ0) is 12.3. The number of halogens is 4. The van der Waals surface area contributed by atoms with Crippen molar-refractivity contribution in [2.24, 2.45) is 0 Å². The zero-order valence-electron chi connectivity index (χ0n) is 8.44. The van der Waals surface area contributed by atoms with E-state index in [1.807, 2.05) is 0 Å². The van der Waals surface area contributed by atoms with Gasteiger partial charge in [0.1, 0.15) is 11.6 Å². The van der Waals surface area contributed by atoms with Gasteiger partial charge in [0.15, 0.2) is 0 Å². The van der Waals surface area contributed by atoms with Crippen molar-refractivity contribution in [3.8, 4) is 5.75 Å². The topological polar surface area (TPSA) is 9.23 Å². The molecule has 1 aromatic carbocycles. The van der Waals surface area contributed by atoms with Crippen molar-refractivity contribution in [2.75, 3.05) is 0 Å². The fourth-order valence-electron chi connectivity index (χ4n) is 1.11. The Balaban J connectivity index is 3.03. The molecule has 0 fully saturated rings. The molecule has 0 spiro atoms. The molecular formula is C11H9F4O. The summed E-state index contributed by atoms with van der Waals surface area (Å²) in [7, 11) is 0. The van der Waals surface area contributed by atoms with Crippen LogP contribution < -0.4 is 4.74 Å². The third-order valence-corrected chi connectivity index (χ3v) is 1.90. The maximum Gasteiger partial charge on any atom is 0.573 e. The van der Waals surface area contributed by atoms with Crippen molar-refractivity contribution in [1.82, 2.24) is 0 Å². The summed E-state index contributed by atoms with van der Waals surface area (Å²) >= 11 is 0. The largest absolute Gasteiger partial charge is 0.573 e. The van der Waals surface area contributed by atoms with Crippen molar-refractivity contribution in [3.05, 3.63) is 48.2 Å². The Morgan fingerprint density at radius 2 is 2.00 bits per heavy atom. The number of rotatable bonds is 3. The highest BCUT2D eigenvalue weighted by molar-refractivity contribution is 5.41. The van der Waals surface area contributed by atoms with Crippen LogP contribution in [-0.4, -0.2) is 6.36 Å². The molecule has 0 bridgehead atoms. The van der Waals surface area contributed by atoms with Gasteiger partial charge in [0.2, 0.25) is 0 Å². The smallest absolute Gasteiger partial charge is 0.406 e. The fourth-order valence-corrected chi connectivity index (χ4v) is 1.11. The zero-order valence-corrected chi connectivity index (χ0v) is 8.44. The van der Waals surface area contributed by atoms with Gasteiger partial charge in [0.05, 0.1) is 0 Å². The summed E-state index contributed by atoms with van der Waals surface area (Å²) in [5.41, 5.74) is 0.0387. The molecule has 0 saturated carbocycles. The highest BCUT2D eigenvalue weighted by Gasteiger charge is 2.31. The molecule has 5 heteroatoms. The van der Waals surface area contributed by atoms with Gasteiger partial charge in [-0.15, -0.1) is 19.8 Å². The molecule has 1 radical (unpaired) electrons. The first-order valence-corrected chi connectivity index (χ1v) is 4.35. The van der Waals surface area contributed by atoms with E-state index in [1.54, 1.807) is 6.92 Å². The third kappa shape index (κ3) is 3.25. The molecular weight excluding hydrogens is 224 g/mol. The summed E-state index contributed by atoms with van der Waals surface area (Å²) in [5, 5.41) is 0. The van der Waals surface area contributed by atoms with Crippen molar-refractivity contribution >= 4 is 0 Å². The van der Waals surface area contributed by atoms with Gasteiger partial charge >= 0.3 is 6.36 Å². The van der Waals surface area contributed by atoms with E-state index < -0.39 is 17.9 Å². The number of hydrogen-bond acceptors (Lipinski definition) is 1. The Morgan fingerprint density at radius 3 is 2.50 bits per heavy atom. The van der Waals surface area contributed by atoms with E-state index in [1.165, 1.54) is 6.08 Å². The molecule has 0 aliphatic carbocycles. The van der Waals surface area contributed by atoms with Crippen LogP contribution in [0.3, 0.4) is 0 Å². The lowest BCUT2D eigenvalue weighted by molar-refractivity contribution is -0.274. The first kappa shape index (κ1) is 12.5. The van der Waals surface area contributed by atoms with E-state index in [0.717, 1.165) is 18.2 Å². The minimum absolute atomic E-state index is 0.0387. The van der Waals surface area contributed by atoms with Crippen LogP contribution in [0.4, 0.5) is 17.6 Å². The Bertz CT molecular complexity index is 384. The number of allylic oxidation sites excluding steroid dienone is 1. The van der Waals surface area contributed by atoms with Gasteiger partial charge in [-0.1, -0.05) is 13.0 Å². The molecule has 0 atom stereocenters. The van der Waals surface area contributed by atoms with Crippen LogP contribution in [0.2, 0.25) is 0 Å². The Hall–Kier alpha value is -1.52. The second kappa shape index (κ2) is 4.55. The first-order chi connectivity index (χ1) is 7.33. The minimum Gasteiger partial charge on any atom is -0.406 e. The lowest BCUT2D eigenvalue weighted by atomic mass is 10.0. The van der Waals surface area contributed by atoms with Crippen LogP contribution in [-0.2, 0) is 0 Å². The molecule has 16 heavy (non-hydrogen) atoms. The van der Waals surface area contributed by atoms with Crippen LogP contribution in [0, 0.1) is 11.7 Å². The van der Waals surface area contributed by atoms with Gasteiger partial charge in [0.25, 0.3) is 0 Å². The quantitative estimate of drug-likeness (QED) is 0.720. The second-order valence-electron chi connectivity index (χ2n) is 3.08. The lowest BCUT2D eigenvalue weighted by Crippen LogP contribution is -2.17. The summed E-state index contributed by atoms with van der Waals surface area (Å²) in [6, 6.07) is 2.83. The van der Waals surface area contributed by atoms with E-state index in [9.17, 15) is 17.6 Å². The Labute approximate surface area is 90.3 Å². The molecule has 1 aromatic rings. The molecule has 87 valence electrons. The van der Waals surface area contributed by atoms with Gasteiger partial charge in [-0.3, -0.25) is 0 Å². The van der Waals surface area contributed by atoms with Crippen molar-refractivity contribution in [1.29, 1.82) is 0 Å². The highest BCUT2D eigenvalue weighted by atomic mass is 19.4. The molecule has 0 amide bonds. The van der Waals surface area contributed by atoms with Crippen LogP contribution in [0.1, 0.15) is 12.5 Å².